The van der Waals surface area contributed by atoms with Crippen molar-refractivity contribution in [1.82, 2.24) is 0 Å². The molecule has 0 rings (SSSR count). The number of thioether (sulfide) groups is 1. The number of Topliss-reactive ketones (excluding diaryl/α,β-unsaturated/α-hetero) is 1. The maximum absolute atomic E-state index is 10.9. The molecule has 72 valence electrons. The van der Waals surface area contributed by atoms with Gasteiger partial charge in [-0.2, -0.15) is 11.8 Å². The lowest BCUT2D eigenvalue weighted by molar-refractivity contribution is -0.118. The van der Waals surface area contributed by atoms with E-state index in [-0.39, 0.29) is 0 Å². The lowest BCUT2D eigenvalue weighted by atomic mass is 10.1. The summed E-state index contributed by atoms with van der Waals surface area (Å²) in [6.07, 6.45) is 5.10. The minimum absolute atomic E-state index is 0.415. The van der Waals surface area contributed by atoms with Crippen molar-refractivity contribution in [2.75, 3.05) is 11.5 Å². The van der Waals surface area contributed by atoms with E-state index < -0.39 is 0 Å². The molecule has 0 aromatic heterocycles. The summed E-state index contributed by atoms with van der Waals surface area (Å²) in [5.74, 6) is 2.89. The Morgan fingerprint density at radius 1 is 1.17 bits per heavy atom. The molecule has 0 unspecified atom stereocenters. The third kappa shape index (κ3) is 8.12. The third-order valence-electron chi connectivity index (χ3n) is 1.84. The van der Waals surface area contributed by atoms with Crippen LogP contribution < -0.4 is 0 Å². The van der Waals surface area contributed by atoms with Gasteiger partial charge in [-0.3, -0.25) is 4.79 Å². The van der Waals surface area contributed by atoms with E-state index in [0.29, 0.717) is 12.2 Å². The molecule has 0 atom stereocenters. The van der Waals surface area contributed by atoms with Gasteiger partial charge in [-0.15, -0.1) is 0 Å². The second kappa shape index (κ2) is 9.11. The molecule has 0 bridgehead atoms. The monoisotopic (exact) mass is 188 g/mol. The largest absolute Gasteiger partial charge is 0.300 e. The number of carbonyl (C=O) groups is 1. The van der Waals surface area contributed by atoms with Crippen LogP contribution in [0.25, 0.3) is 0 Å². The van der Waals surface area contributed by atoms with E-state index >= 15 is 0 Å². The molecule has 0 N–H and O–H groups in total. The highest BCUT2D eigenvalue weighted by molar-refractivity contribution is 7.99. The SMILES string of the molecule is CCSCCCCCC(=O)CC. The van der Waals surface area contributed by atoms with Crippen molar-refractivity contribution in [3.63, 3.8) is 0 Å². The number of ketones is 1. The molecule has 12 heavy (non-hydrogen) atoms. The molecule has 0 aromatic carbocycles. The van der Waals surface area contributed by atoms with E-state index in [2.05, 4.69) is 6.92 Å². The highest BCUT2D eigenvalue weighted by Gasteiger charge is 1.96. The van der Waals surface area contributed by atoms with Gasteiger partial charge in [0, 0.05) is 12.8 Å². The molecule has 0 aromatic rings. The first-order chi connectivity index (χ1) is 5.81. The molecule has 0 radical (unpaired) electrons. The fourth-order valence-electron chi connectivity index (χ4n) is 1.02. The fourth-order valence-corrected chi connectivity index (χ4v) is 1.72. The minimum atomic E-state index is 0.415. The predicted octanol–water partition coefficient (Wildman–Crippen LogP) is 3.28. The average Bonchev–Trinajstić information content (AvgIpc) is 2.10. The fraction of sp³-hybridized carbons (Fsp3) is 0.900. The number of hydrogen-bond acceptors (Lipinski definition) is 2. The van der Waals surface area contributed by atoms with Crippen LogP contribution in [0.15, 0.2) is 0 Å². The summed E-state index contributed by atoms with van der Waals surface area (Å²) < 4.78 is 0. The van der Waals surface area contributed by atoms with Gasteiger partial charge in [-0.1, -0.05) is 20.3 Å². The van der Waals surface area contributed by atoms with Crippen LogP contribution in [0.5, 0.6) is 0 Å². The van der Waals surface area contributed by atoms with E-state index in [9.17, 15) is 4.79 Å². The van der Waals surface area contributed by atoms with Crippen LogP contribution in [-0.2, 0) is 4.79 Å². The quantitative estimate of drug-likeness (QED) is 0.544. The molecular formula is C10H20OS. The van der Waals surface area contributed by atoms with E-state index in [1.165, 1.54) is 24.3 Å². The Labute approximate surface area is 80.3 Å². The van der Waals surface area contributed by atoms with Crippen LogP contribution in [0.1, 0.15) is 46.0 Å². The summed E-state index contributed by atoms with van der Waals surface area (Å²) in [7, 11) is 0. The summed E-state index contributed by atoms with van der Waals surface area (Å²) in [5.41, 5.74) is 0. The molecule has 0 fully saturated rings. The normalized spacial score (nSPS) is 10.2. The first kappa shape index (κ1) is 12.0. The van der Waals surface area contributed by atoms with E-state index in [1.54, 1.807) is 0 Å². The zero-order valence-electron chi connectivity index (χ0n) is 8.27. The number of rotatable bonds is 8. The van der Waals surface area contributed by atoms with Crippen LogP contribution in [0, 0.1) is 0 Å². The highest BCUT2D eigenvalue weighted by Crippen LogP contribution is 2.07. The van der Waals surface area contributed by atoms with Crippen LogP contribution in [0.4, 0.5) is 0 Å². The van der Waals surface area contributed by atoms with Crippen LogP contribution in [0.3, 0.4) is 0 Å². The van der Waals surface area contributed by atoms with Crippen molar-refractivity contribution in [3.05, 3.63) is 0 Å². The minimum Gasteiger partial charge on any atom is -0.300 e. The molecular weight excluding hydrogens is 168 g/mol. The number of carbonyl (C=O) groups excluding carboxylic acids is 1. The van der Waals surface area contributed by atoms with Gasteiger partial charge in [0.25, 0.3) is 0 Å². The van der Waals surface area contributed by atoms with Crippen LogP contribution >= 0.6 is 11.8 Å². The third-order valence-corrected chi connectivity index (χ3v) is 2.83. The van der Waals surface area contributed by atoms with Gasteiger partial charge in [-0.25, -0.2) is 0 Å². The van der Waals surface area contributed by atoms with E-state index in [4.69, 9.17) is 0 Å². The summed E-state index contributed by atoms with van der Waals surface area (Å²) in [6, 6.07) is 0. The zero-order chi connectivity index (χ0) is 9.23. The lowest BCUT2D eigenvalue weighted by Gasteiger charge is -1.98. The van der Waals surface area contributed by atoms with Crippen LogP contribution in [-0.4, -0.2) is 17.3 Å². The maximum Gasteiger partial charge on any atom is 0.132 e. The smallest absolute Gasteiger partial charge is 0.132 e. The van der Waals surface area contributed by atoms with Crippen LogP contribution in [0.2, 0.25) is 0 Å². The molecule has 0 aliphatic heterocycles. The molecule has 1 nitrogen and oxygen atoms in total. The van der Waals surface area contributed by atoms with Gasteiger partial charge in [0.2, 0.25) is 0 Å². The second-order valence-electron chi connectivity index (χ2n) is 2.90. The van der Waals surface area contributed by atoms with Gasteiger partial charge >= 0.3 is 0 Å². The van der Waals surface area contributed by atoms with Gasteiger partial charge in [0.05, 0.1) is 0 Å². The van der Waals surface area contributed by atoms with Gasteiger partial charge < -0.3 is 0 Å². The van der Waals surface area contributed by atoms with Crippen molar-refractivity contribution in [1.29, 1.82) is 0 Å². The molecule has 0 saturated carbocycles. The molecule has 0 aliphatic rings. The summed E-state index contributed by atoms with van der Waals surface area (Å²) in [4.78, 5) is 10.9. The summed E-state index contributed by atoms with van der Waals surface area (Å²) >= 11 is 1.99. The Hall–Kier alpha value is 0.0200. The lowest BCUT2D eigenvalue weighted by Crippen LogP contribution is -1.94. The van der Waals surface area contributed by atoms with Crippen molar-refractivity contribution >= 4 is 17.5 Å². The van der Waals surface area contributed by atoms with E-state index in [1.807, 2.05) is 18.7 Å². The molecule has 0 saturated heterocycles. The molecule has 0 aliphatic carbocycles. The van der Waals surface area contributed by atoms with Crippen molar-refractivity contribution in [2.45, 2.75) is 46.0 Å². The number of hydrogen-bond donors (Lipinski definition) is 0. The van der Waals surface area contributed by atoms with Gasteiger partial charge in [0.15, 0.2) is 0 Å². The molecule has 0 spiro atoms. The highest BCUT2D eigenvalue weighted by atomic mass is 32.2. The Kier molecular flexibility index (Phi) is 9.13. The summed E-state index contributed by atoms with van der Waals surface area (Å²) in [6.45, 7) is 4.13. The van der Waals surface area contributed by atoms with Gasteiger partial charge in [0.1, 0.15) is 5.78 Å². The van der Waals surface area contributed by atoms with Gasteiger partial charge in [-0.05, 0) is 24.3 Å². The standard InChI is InChI=1S/C10H20OS/c1-3-10(11)8-6-5-7-9-12-4-2/h3-9H2,1-2H3. The van der Waals surface area contributed by atoms with E-state index in [0.717, 1.165) is 12.8 Å². The predicted molar refractivity (Wildman–Crippen MR) is 56.8 cm³/mol. The maximum atomic E-state index is 10.9. The topological polar surface area (TPSA) is 17.1 Å². The first-order valence-electron chi connectivity index (χ1n) is 4.90. The number of unbranched alkanes of at least 4 members (excludes halogenated alkanes) is 2. The zero-order valence-corrected chi connectivity index (χ0v) is 9.08. The second-order valence-corrected chi connectivity index (χ2v) is 4.29. The Morgan fingerprint density at radius 3 is 2.50 bits per heavy atom. The Balaban J connectivity index is 2.95. The Bertz CT molecular complexity index is 112. The molecule has 0 amide bonds. The molecule has 2 heteroatoms. The Morgan fingerprint density at radius 2 is 1.92 bits per heavy atom. The molecule has 0 heterocycles. The van der Waals surface area contributed by atoms with Crippen molar-refractivity contribution in [2.24, 2.45) is 0 Å². The average molecular weight is 188 g/mol. The van der Waals surface area contributed by atoms with Crippen molar-refractivity contribution in [3.8, 4) is 0 Å². The van der Waals surface area contributed by atoms with Crippen molar-refractivity contribution < 1.29 is 4.79 Å². The first-order valence-corrected chi connectivity index (χ1v) is 6.06. The summed E-state index contributed by atoms with van der Waals surface area (Å²) in [5, 5.41) is 0.